The Morgan fingerprint density at radius 3 is 2.89 bits per heavy atom. The minimum atomic E-state index is -0.919. The van der Waals surface area contributed by atoms with Crippen molar-refractivity contribution in [2.24, 2.45) is 0 Å². The molecular formula is C21H25N3O4. The summed E-state index contributed by atoms with van der Waals surface area (Å²) in [5, 5.41) is 3.23. The van der Waals surface area contributed by atoms with E-state index in [1.165, 1.54) is 36.2 Å². The normalized spacial score (nSPS) is 15.0. The number of amides is 1. The van der Waals surface area contributed by atoms with Gasteiger partial charge < -0.3 is 10.1 Å². The molecule has 0 fully saturated rings. The molecule has 148 valence electrons. The lowest BCUT2D eigenvalue weighted by molar-refractivity contribution is -0.155. The van der Waals surface area contributed by atoms with Gasteiger partial charge >= 0.3 is 5.97 Å². The van der Waals surface area contributed by atoms with Crippen LogP contribution in [0.5, 0.6) is 0 Å². The molecule has 0 saturated carbocycles. The fraction of sp³-hybridized carbons (Fsp3) is 0.429. The summed E-state index contributed by atoms with van der Waals surface area (Å²) >= 11 is 0. The van der Waals surface area contributed by atoms with Gasteiger partial charge in [0.2, 0.25) is 0 Å². The molecule has 1 aromatic heterocycles. The number of esters is 1. The van der Waals surface area contributed by atoms with Crippen LogP contribution >= 0.6 is 0 Å². The van der Waals surface area contributed by atoms with E-state index in [1.54, 1.807) is 24.3 Å². The standard InChI is InChI=1S/C21H25N3O4/c1-15(20(26)22-12-11-16-7-3-2-4-8-16)28-19(25)13-24-14-23-18-10-6-5-9-17(18)21(24)27/h5-7,9-10,14-15H,2-4,8,11-13H2,1H3,(H,22,26)/t15-/m0/s1. The summed E-state index contributed by atoms with van der Waals surface area (Å²) < 4.78 is 6.36. The molecule has 1 amide bonds. The van der Waals surface area contributed by atoms with E-state index >= 15 is 0 Å². The summed E-state index contributed by atoms with van der Waals surface area (Å²) in [6.45, 7) is 1.76. The van der Waals surface area contributed by atoms with Crippen LogP contribution in [-0.2, 0) is 20.9 Å². The van der Waals surface area contributed by atoms with E-state index in [0.29, 0.717) is 17.4 Å². The Labute approximate surface area is 163 Å². The largest absolute Gasteiger partial charge is 0.451 e. The summed E-state index contributed by atoms with van der Waals surface area (Å²) in [5.74, 6) is -0.995. The fourth-order valence-corrected chi connectivity index (χ4v) is 3.27. The van der Waals surface area contributed by atoms with Crippen molar-refractivity contribution in [3.05, 3.63) is 52.6 Å². The van der Waals surface area contributed by atoms with Gasteiger partial charge in [-0.2, -0.15) is 0 Å². The summed E-state index contributed by atoms with van der Waals surface area (Å²) in [7, 11) is 0. The Morgan fingerprint density at radius 1 is 1.29 bits per heavy atom. The van der Waals surface area contributed by atoms with E-state index in [2.05, 4.69) is 16.4 Å². The average Bonchev–Trinajstić information content (AvgIpc) is 2.71. The number of aromatic nitrogens is 2. The van der Waals surface area contributed by atoms with Gasteiger partial charge in [-0.25, -0.2) is 4.98 Å². The maximum absolute atomic E-state index is 12.4. The lowest BCUT2D eigenvalue weighted by Gasteiger charge is -2.16. The molecule has 1 N–H and O–H groups in total. The lowest BCUT2D eigenvalue weighted by Crippen LogP contribution is -2.37. The fourth-order valence-electron chi connectivity index (χ4n) is 3.27. The van der Waals surface area contributed by atoms with Crippen molar-refractivity contribution in [2.75, 3.05) is 6.54 Å². The Kier molecular flexibility index (Phi) is 6.57. The van der Waals surface area contributed by atoms with Gasteiger partial charge in [-0.1, -0.05) is 23.8 Å². The number of ether oxygens (including phenoxy) is 1. The molecule has 2 aromatic rings. The van der Waals surface area contributed by atoms with Crippen LogP contribution < -0.4 is 10.9 Å². The first-order valence-electron chi connectivity index (χ1n) is 9.64. The van der Waals surface area contributed by atoms with Crippen LogP contribution in [0.3, 0.4) is 0 Å². The first-order valence-corrected chi connectivity index (χ1v) is 9.64. The van der Waals surface area contributed by atoms with Crippen LogP contribution in [0.15, 0.2) is 47.0 Å². The second-order valence-electron chi connectivity index (χ2n) is 6.98. The second kappa shape index (κ2) is 9.30. The third-order valence-electron chi connectivity index (χ3n) is 4.84. The topological polar surface area (TPSA) is 90.3 Å². The van der Waals surface area contributed by atoms with Gasteiger partial charge in [0.25, 0.3) is 11.5 Å². The maximum Gasteiger partial charge on any atom is 0.326 e. The zero-order valence-corrected chi connectivity index (χ0v) is 16.0. The van der Waals surface area contributed by atoms with Crippen LogP contribution in [0, 0.1) is 0 Å². The minimum absolute atomic E-state index is 0.291. The van der Waals surface area contributed by atoms with Gasteiger partial charge in [0.05, 0.1) is 17.2 Å². The summed E-state index contributed by atoms with van der Waals surface area (Å²) in [6, 6.07) is 6.92. The molecule has 1 aliphatic rings. The SMILES string of the molecule is C[C@H](OC(=O)Cn1cnc2ccccc2c1=O)C(=O)NCCC1=CCCCC1. The van der Waals surface area contributed by atoms with Crippen molar-refractivity contribution in [1.82, 2.24) is 14.9 Å². The van der Waals surface area contributed by atoms with Gasteiger partial charge in [0, 0.05) is 6.54 Å². The molecule has 0 aliphatic heterocycles. The number of benzene rings is 1. The van der Waals surface area contributed by atoms with E-state index in [4.69, 9.17) is 4.74 Å². The van der Waals surface area contributed by atoms with Crippen LogP contribution in [0.1, 0.15) is 39.0 Å². The highest BCUT2D eigenvalue weighted by molar-refractivity contribution is 5.83. The zero-order valence-electron chi connectivity index (χ0n) is 16.0. The molecule has 7 nitrogen and oxygen atoms in total. The predicted molar refractivity (Wildman–Crippen MR) is 106 cm³/mol. The van der Waals surface area contributed by atoms with Crippen LogP contribution in [0.4, 0.5) is 0 Å². The van der Waals surface area contributed by atoms with Crippen molar-refractivity contribution in [2.45, 2.75) is 51.7 Å². The molecule has 0 radical (unpaired) electrons. The number of carbonyl (C=O) groups is 2. The highest BCUT2D eigenvalue weighted by Crippen LogP contribution is 2.19. The molecule has 28 heavy (non-hydrogen) atoms. The first-order chi connectivity index (χ1) is 13.5. The van der Waals surface area contributed by atoms with Gasteiger partial charge in [0.15, 0.2) is 6.10 Å². The summed E-state index contributed by atoms with van der Waals surface area (Å²) in [6.07, 6.45) is 8.11. The molecule has 1 aromatic carbocycles. The van der Waals surface area contributed by atoms with Crippen LogP contribution in [-0.4, -0.2) is 34.1 Å². The highest BCUT2D eigenvalue weighted by Gasteiger charge is 2.18. The molecule has 1 atom stereocenters. The van der Waals surface area contributed by atoms with Gasteiger partial charge in [-0.3, -0.25) is 19.0 Å². The Bertz CT molecular complexity index is 948. The van der Waals surface area contributed by atoms with E-state index in [-0.39, 0.29) is 18.0 Å². The van der Waals surface area contributed by atoms with Crippen molar-refractivity contribution in [3.8, 4) is 0 Å². The molecule has 1 heterocycles. The molecule has 3 rings (SSSR count). The smallest absolute Gasteiger partial charge is 0.326 e. The maximum atomic E-state index is 12.4. The Morgan fingerprint density at radius 2 is 2.11 bits per heavy atom. The summed E-state index contributed by atoms with van der Waals surface area (Å²) in [5.41, 5.74) is 1.62. The van der Waals surface area contributed by atoms with E-state index in [9.17, 15) is 14.4 Å². The van der Waals surface area contributed by atoms with Crippen molar-refractivity contribution >= 4 is 22.8 Å². The van der Waals surface area contributed by atoms with Crippen LogP contribution in [0.25, 0.3) is 10.9 Å². The van der Waals surface area contributed by atoms with Gasteiger partial charge in [-0.15, -0.1) is 0 Å². The van der Waals surface area contributed by atoms with Crippen molar-refractivity contribution < 1.29 is 14.3 Å². The monoisotopic (exact) mass is 383 g/mol. The Hall–Kier alpha value is -2.96. The number of carbonyl (C=O) groups excluding carboxylic acids is 2. The van der Waals surface area contributed by atoms with E-state index in [0.717, 1.165) is 19.3 Å². The second-order valence-corrected chi connectivity index (χ2v) is 6.98. The highest BCUT2D eigenvalue weighted by atomic mass is 16.5. The zero-order chi connectivity index (χ0) is 19.9. The summed E-state index contributed by atoms with van der Waals surface area (Å²) in [4.78, 5) is 40.8. The lowest BCUT2D eigenvalue weighted by atomic mass is 9.97. The number of para-hydroxylation sites is 1. The minimum Gasteiger partial charge on any atom is -0.451 e. The Balaban J connectivity index is 1.50. The number of hydrogen-bond donors (Lipinski definition) is 1. The first kappa shape index (κ1) is 19.8. The predicted octanol–water partition coefficient (Wildman–Crippen LogP) is 2.33. The molecule has 0 spiro atoms. The number of nitrogens with one attached hydrogen (secondary N) is 1. The van der Waals surface area contributed by atoms with Gasteiger partial charge in [0.1, 0.15) is 6.54 Å². The number of nitrogens with zero attached hydrogens (tertiary/aromatic N) is 2. The molecular weight excluding hydrogens is 358 g/mol. The number of allylic oxidation sites excluding steroid dienone is 1. The quantitative estimate of drug-likeness (QED) is 0.585. The van der Waals surface area contributed by atoms with E-state index < -0.39 is 12.1 Å². The molecule has 0 bridgehead atoms. The third kappa shape index (κ3) is 5.06. The number of fused-ring (bicyclic) bond motifs is 1. The number of hydrogen-bond acceptors (Lipinski definition) is 5. The molecule has 1 aliphatic carbocycles. The van der Waals surface area contributed by atoms with E-state index in [1.807, 2.05) is 0 Å². The number of rotatable bonds is 7. The average molecular weight is 383 g/mol. The third-order valence-corrected chi connectivity index (χ3v) is 4.84. The molecule has 7 heteroatoms. The molecule has 0 saturated heterocycles. The van der Waals surface area contributed by atoms with Crippen molar-refractivity contribution in [1.29, 1.82) is 0 Å². The van der Waals surface area contributed by atoms with Gasteiger partial charge in [-0.05, 0) is 51.2 Å². The molecule has 0 unspecified atom stereocenters. The van der Waals surface area contributed by atoms with Crippen molar-refractivity contribution in [3.63, 3.8) is 0 Å². The van der Waals surface area contributed by atoms with Crippen LogP contribution in [0.2, 0.25) is 0 Å².